The first kappa shape index (κ1) is 11.4. The zero-order valence-electron chi connectivity index (χ0n) is 9.64. The van der Waals surface area contributed by atoms with Gasteiger partial charge in [0.05, 0.1) is 0 Å². The van der Waals surface area contributed by atoms with E-state index in [4.69, 9.17) is 0 Å². The third kappa shape index (κ3) is 1.82. The summed E-state index contributed by atoms with van der Waals surface area (Å²) in [6, 6.07) is 2.83. The minimum atomic E-state index is -0.238. The summed E-state index contributed by atoms with van der Waals surface area (Å²) in [6.45, 7) is 0. The fraction of sp³-hybridized carbons (Fsp3) is 0.214. The van der Waals surface area contributed by atoms with Crippen LogP contribution in [0.15, 0.2) is 39.7 Å². The van der Waals surface area contributed by atoms with Crippen LogP contribution in [0.2, 0.25) is 0 Å². The lowest BCUT2D eigenvalue weighted by Gasteiger charge is -2.11. The van der Waals surface area contributed by atoms with E-state index in [1.54, 1.807) is 0 Å². The van der Waals surface area contributed by atoms with Crippen LogP contribution < -0.4 is 0 Å². The second-order valence-electron chi connectivity index (χ2n) is 4.45. The standard InChI is InChI=1S/C14H12O3S/c15-10-5-8-3-1-2-4-13(8)18-14-7-12(17)11(16)6-9(10)14/h2,4,6-7,16-17H,1,3,5H2. The van der Waals surface area contributed by atoms with Gasteiger partial charge in [-0.3, -0.25) is 4.79 Å². The molecule has 4 heteroatoms. The van der Waals surface area contributed by atoms with E-state index in [2.05, 4.69) is 6.08 Å². The van der Waals surface area contributed by atoms with Gasteiger partial charge < -0.3 is 10.2 Å². The summed E-state index contributed by atoms with van der Waals surface area (Å²) < 4.78 is 0. The number of rotatable bonds is 0. The minimum Gasteiger partial charge on any atom is -0.504 e. The third-order valence-electron chi connectivity index (χ3n) is 3.20. The molecule has 1 heterocycles. The average Bonchev–Trinajstić information content (AvgIpc) is 2.47. The van der Waals surface area contributed by atoms with Gasteiger partial charge in [-0.2, -0.15) is 0 Å². The van der Waals surface area contributed by atoms with Gasteiger partial charge in [-0.15, -0.1) is 0 Å². The summed E-state index contributed by atoms with van der Waals surface area (Å²) in [5.41, 5.74) is 1.65. The predicted molar refractivity (Wildman–Crippen MR) is 70.0 cm³/mol. The molecule has 1 aliphatic carbocycles. The Kier molecular flexibility index (Phi) is 2.67. The Hall–Kier alpha value is -1.68. The molecule has 0 amide bonds. The highest BCUT2D eigenvalue weighted by molar-refractivity contribution is 8.03. The SMILES string of the molecule is O=C1CC2=C(C=CCC2)Sc2cc(O)c(O)cc21. The van der Waals surface area contributed by atoms with Crippen molar-refractivity contribution >= 4 is 17.5 Å². The fourth-order valence-electron chi connectivity index (χ4n) is 2.24. The largest absolute Gasteiger partial charge is 0.504 e. The maximum Gasteiger partial charge on any atom is 0.168 e. The van der Waals surface area contributed by atoms with E-state index in [9.17, 15) is 15.0 Å². The third-order valence-corrected chi connectivity index (χ3v) is 4.40. The van der Waals surface area contributed by atoms with Gasteiger partial charge in [0.1, 0.15) is 0 Å². The average molecular weight is 260 g/mol. The molecule has 3 rings (SSSR count). The Morgan fingerprint density at radius 1 is 1.17 bits per heavy atom. The summed E-state index contributed by atoms with van der Waals surface area (Å²) >= 11 is 1.49. The predicted octanol–water partition coefficient (Wildman–Crippen LogP) is 3.38. The van der Waals surface area contributed by atoms with E-state index >= 15 is 0 Å². The topological polar surface area (TPSA) is 57.5 Å². The minimum absolute atomic E-state index is 0.00750. The van der Waals surface area contributed by atoms with Crippen LogP contribution in [0.25, 0.3) is 0 Å². The molecule has 0 unspecified atom stereocenters. The number of hydrogen-bond acceptors (Lipinski definition) is 4. The van der Waals surface area contributed by atoms with Crippen LogP contribution in [0.3, 0.4) is 0 Å². The lowest BCUT2D eigenvalue weighted by molar-refractivity contribution is 0.0989. The first-order chi connectivity index (χ1) is 8.65. The fourth-order valence-corrected chi connectivity index (χ4v) is 3.41. The first-order valence-corrected chi connectivity index (χ1v) is 6.62. The number of carbonyl (C=O) groups excluding carboxylic acids is 1. The summed E-state index contributed by atoms with van der Waals surface area (Å²) in [5.74, 6) is -0.413. The molecule has 0 atom stereocenters. The van der Waals surface area contributed by atoms with E-state index < -0.39 is 0 Å². The van der Waals surface area contributed by atoms with Crippen LogP contribution in [0, 0.1) is 0 Å². The molecule has 3 nitrogen and oxygen atoms in total. The van der Waals surface area contributed by atoms with Crippen LogP contribution in [0.5, 0.6) is 11.5 Å². The molecular formula is C14H12O3S. The number of hydrogen-bond donors (Lipinski definition) is 2. The molecule has 0 radical (unpaired) electrons. The van der Waals surface area contributed by atoms with Gasteiger partial charge >= 0.3 is 0 Å². The Labute approximate surface area is 109 Å². The number of benzene rings is 1. The number of ketones is 1. The van der Waals surface area contributed by atoms with Crippen molar-refractivity contribution in [1.29, 1.82) is 0 Å². The highest BCUT2D eigenvalue weighted by Crippen LogP contribution is 2.43. The smallest absolute Gasteiger partial charge is 0.168 e. The lowest BCUT2D eigenvalue weighted by atomic mass is 9.97. The number of thioether (sulfide) groups is 1. The second kappa shape index (κ2) is 4.21. The van der Waals surface area contributed by atoms with Gasteiger partial charge in [-0.25, -0.2) is 0 Å². The van der Waals surface area contributed by atoms with E-state index in [0.717, 1.165) is 23.3 Å². The van der Waals surface area contributed by atoms with Crippen molar-refractivity contribution in [3.8, 4) is 11.5 Å². The molecule has 0 fully saturated rings. The lowest BCUT2D eigenvalue weighted by Crippen LogP contribution is -2.01. The van der Waals surface area contributed by atoms with Gasteiger partial charge in [0, 0.05) is 21.8 Å². The van der Waals surface area contributed by atoms with Crippen molar-refractivity contribution in [3.05, 3.63) is 40.3 Å². The van der Waals surface area contributed by atoms with Crippen molar-refractivity contribution in [2.75, 3.05) is 0 Å². The molecule has 0 saturated heterocycles. The zero-order valence-corrected chi connectivity index (χ0v) is 10.5. The number of carbonyl (C=O) groups is 1. The number of phenols is 2. The Morgan fingerprint density at radius 3 is 2.78 bits per heavy atom. The normalized spacial score (nSPS) is 18.3. The summed E-state index contributed by atoms with van der Waals surface area (Å²) in [4.78, 5) is 14.0. The maximum absolute atomic E-state index is 12.2. The molecule has 1 aromatic carbocycles. The molecule has 1 aromatic rings. The van der Waals surface area contributed by atoms with Gasteiger partial charge in [0.2, 0.25) is 0 Å². The van der Waals surface area contributed by atoms with Crippen LogP contribution >= 0.6 is 11.8 Å². The highest BCUT2D eigenvalue weighted by Gasteiger charge is 2.24. The molecule has 0 saturated carbocycles. The molecule has 92 valence electrons. The van der Waals surface area contributed by atoms with Gasteiger partial charge in [-0.1, -0.05) is 23.9 Å². The van der Waals surface area contributed by atoms with Crippen LogP contribution in [0.4, 0.5) is 0 Å². The summed E-state index contributed by atoms with van der Waals surface area (Å²) in [7, 11) is 0. The molecule has 0 bridgehead atoms. The van der Waals surface area contributed by atoms with Crippen LogP contribution in [-0.2, 0) is 0 Å². The Bertz CT molecular complexity index is 599. The summed E-state index contributed by atoms with van der Waals surface area (Å²) in [6.07, 6.45) is 6.43. The molecule has 0 spiro atoms. The molecule has 2 aliphatic rings. The van der Waals surface area contributed by atoms with Gasteiger partial charge in [-0.05, 0) is 30.5 Å². The first-order valence-electron chi connectivity index (χ1n) is 5.81. The number of allylic oxidation sites excluding steroid dienone is 3. The quantitative estimate of drug-likeness (QED) is 0.702. The van der Waals surface area contributed by atoms with Crippen molar-refractivity contribution in [2.24, 2.45) is 0 Å². The van der Waals surface area contributed by atoms with E-state index in [-0.39, 0.29) is 17.3 Å². The second-order valence-corrected chi connectivity index (χ2v) is 5.53. The zero-order chi connectivity index (χ0) is 12.7. The number of aromatic hydroxyl groups is 2. The van der Waals surface area contributed by atoms with E-state index in [1.807, 2.05) is 6.08 Å². The van der Waals surface area contributed by atoms with Crippen molar-refractivity contribution in [2.45, 2.75) is 24.2 Å². The van der Waals surface area contributed by atoms with Gasteiger partial charge in [0.25, 0.3) is 0 Å². The number of fused-ring (bicyclic) bond motifs is 1. The molecular weight excluding hydrogens is 248 g/mol. The molecule has 2 N–H and O–H groups in total. The monoisotopic (exact) mass is 260 g/mol. The number of phenolic OH excluding ortho intramolecular Hbond substituents is 2. The number of Topliss-reactive ketones (excluding diaryl/α,β-unsaturated/α-hetero) is 1. The Morgan fingerprint density at radius 2 is 1.94 bits per heavy atom. The van der Waals surface area contributed by atoms with E-state index in [0.29, 0.717) is 16.9 Å². The molecule has 0 aromatic heterocycles. The van der Waals surface area contributed by atoms with Crippen LogP contribution in [0.1, 0.15) is 29.6 Å². The maximum atomic E-state index is 12.2. The Balaban J connectivity index is 2.12. The van der Waals surface area contributed by atoms with Crippen LogP contribution in [-0.4, -0.2) is 16.0 Å². The van der Waals surface area contributed by atoms with Gasteiger partial charge in [0.15, 0.2) is 17.3 Å². The van der Waals surface area contributed by atoms with Crippen molar-refractivity contribution in [1.82, 2.24) is 0 Å². The molecule has 1 aliphatic heterocycles. The van der Waals surface area contributed by atoms with E-state index in [1.165, 1.54) is 23.9 Å². The molecule has 18 heavy (non-hydrogen) atoms. The van der Waals surface area contributed by atoms with Crippen molar-refractivity contribution in [3.63, 3.8) is 0 Å². The van der Waals surface area contributed by atoms with Crippen molar-refractivity contribution < 1.29 is 15.0 Å². The summed E-state index contributed by atoms with van der Waals surface area (Å²) in [5, 5.41) is 19.0. The highest BCUT2D eigenvalue weighted by atomic mass is 32.2.